The number of ether oxygens (including phenoxy) is 2. The summed E-state index contributed by atoms with van der Waals surface area (Å²) in [5, 5.41) is 0. The molecule has 3 amide bonds. The van der Waals surface area contributed by atoms with E-state index in [1.54, 1.807) is 4.90 Å². The molecule has 0 aromatic heterocycles. The molecule has 140 valence electrons. The summed E-state index contributed by atoms with van der Waals surface area (Å²) in [6, 6.07) is 7.46. The fourth-order valence-electron chi connectivity index (χ4n) is 3.22. The van der Waals surface area contributed by atoms with Crippen LogP contribution in [0.1, 0.15) is 32.6 Å². The minimum atomic E-state index is -0.240. The molecule has 1 saturated heterocycles. The van der Waals surface area contributed by atoms with Crippen LogP contribution in [0.2, 0.25) is 0 Å². The minimum absolute atomic E-state index is 0.0817. The third-order valence-electron chi connectivity index (χ3n) is 4.54. The third kappa shape index (κ3) is 4.15. The molecule has 3 rings (SSSR count). The van der Waals surface area contributed by atoms with E-state index >= 15 is 0 Å². The molecule has 0 aliphatic carbocycles. The SMILES string of the molecule is CCCN(C[C@H]1COc2ccccc2O1)C(=O)CCN1C(=O)CCC1=O. The van der Waals surface area contributed by atoms with Crippen molar-refractivity contribution in [3.8, 4) is 11.5 Å². The van der Waals surface area contributed by atoms with Crippen molar-refractivity contribution in [2.24, 2.45) is 0 Å². The molecule has 0 N–H and O–H groups in total. The smallest absolute Gasteiger partial charge is 0.229 e. The number of benzene rings is 1. The molecule has 2 heterocycles. The molecule has 2 aliphatic rings. The van der Waals surface area contributed by atoms with Crippen LogP contribution in [0.4, 0.5) is 0 Å². The maximum atomic E-state index is 12.6. The van der Waals surface area contributed by atoms with Gasteiger partial charge in [-0.3, -0.25) is 19.3 Å². The van der Waals surface area contributed by atoms with Gasteiger partial charge >= 0.3 is 0 Å². The zero-order chi connectivity index (χ0) is 18.5. The topological polar surface area (TPSA) is 76.2 Å². The van der Waals surface area contributed by atoms with Gasteiger partial charge in [0.1, 0.15) is 6.61 Å². The monoisotopic (exact) mass is 360 g/mol. The average molecular weight is 360 g/mol. The molecule has 1 aromatic rings. The summed E-state index contributed by atoms with van der Waals surface area (Å²) < 4.78 is 11.6. The van der Waals surface area contributed by atoms with Gasteiger partial charge in [-0.25, -0.2) is 0 Å². The van der Waals surface area contributed by atoms with Crippen LogP contribution in [0, 0.1) is 0 Å². The summed E-state index contributed by atoms with van der Waals surface area (Å²) in [6.07, 6.45) is 1.21. The van der Waals surface area contributed by atoms with Crippen molar-refractivity contribution in [2.75, 3.05) is 26.2 Å². The second-order valence-corrected chi connectivity index (χ2v) is 6.53. The van der Waals surface area contributed by atoms with Crippen LogP contribution in [-0.4, -0.2) is 59.9 Å². The third-order valence-corrected chi connectivity index (χ3v) is 4.54. The molecular formula is C19H24N2O5. The first-order chi connectivity index (χ1) is 12.6. The average Bonchev–Trinajstić information content (AvgIpc) is 2.97. The van der Waals surface area contributed by atoms with Gasteiger partial charge in [0.25, 0.3) is 0 Å². The zero-order valence-electron chi connectivity index (χ0n) is 15.0. The Morgan fingerprint density at radius 2 is 1.88 bits per heavy atom. The molecule has 1 fully saturated rings. The van der Waals surface area contributed by atoms with Crippen LogP contribution in [-0.2, 0) is 14.4 Å². The van der Waals surface area contributed by atoms with Gasteiger partial charge in [-0.05, 0) is 18.6 Å². The highest BCUT2D eigenvalue weighted by atomic mass is 16.6. The molecule has 0 radical (unpaired) electrons. The quantitative estimate of drug-likeness (QED) is 0.691. The maximum absolute atomic E-state index is 12.6. The normalized spacial score (nSPS) is 19.0. The van der Waals surface area contributed by atoms with Gasteiger partial charge in [0.15, 0.2) is 17.6 Å². The molecular weight excluding hydrogens is 336 g/mol. The first-order valence-electron chi connectivity index (χ1n) is 9.08. The van der Waals surface area contributed by atoms with Gasteiger partial charge in [0, 0.05) is 32.4 Å². The molecule has 2 aliphatic heterocycles. The summed E-state index contributed by atoms with van der Waals surface area (Å²) >= 11 is 0. The summed E-state index contributed by atoms with van der Waals surface area (Å²) in [4.78, 5) is 38.9. The van der Waals surface area contributed by atoms with Crippen molar-refractivity contribution in [3.63, 3.8) is 0 Å². The Kier molecular flexibility index (Phi) is 5.75. The van der Waals surface area contributed by atoms with Crippen LogP contribution < -0.4 is 9.47 Å². The van der Waals surface area contributed by atoms with Crippen LogP contribution >= 0.6 is 0 Å². The van der Waals surface area contributed by atoms with Crippen LogP contribution in [0.25, 0.3) is 0 Å². The number of hydrogen-bond donors (Lipinski definition) is 0. The van der Waals surface area contributed by atoms with Crippen LogP contribution in [0.15, 0.2) is 24.3 Å². The van der Waals surface area contributed by atoms with Crippen molar-refractivity contribution in [1.82, 2.24) is 9.80 Å². The number of likely N-dealkylation sites (tertiary alicyclic amines) is 1. The van der Waals surface area contributed by atoms with Gasteiger partial charge in [0.2, 0.25) is 17.7 Å². The number of fused-ring (bicyclic) bond motifs is 1. The van der Waals surface area contributed by atoms with Gasteiger partial charge in [-0.2, -0.15) is 0 Å². The predicted octanol–water partition coefficient (Wildman–Crippen LogP) is 1.60. The van der Waals surface area contributed by atoms with Gasteiger partial charge in [0.05, 0.1) is 6.54 Å². The van der Waals surface area contributed by atoms with E-state index in [0.29, 0.717) is 31.2 Å². The zero-order valence-corrected chi connectivity index (χ0v) is 15.0. The number of carbonyl (C=O) groups excluding carboxylic acids is 3. The van der Waals surface area contributed by atoms with Gasteiger partial charge in [-0.15, -0.1) is 0 Å². The fraction of sp³-hybridized carbons (Fsp3) is 0.526. The Labute approximate surface area is 152 Å². The lowest BCUT2D eigenvalue weighted by Gasteiger charge is -2.31. The van der Waals surface area contributed by atoms with Crippen molar-refractivity contribution in [2.45, 2.75) is 38.7 Å². The highest BCUT2D eigenvalue weighted by Crippen LogP contribution is 2.31. The molecule has 0 unspecified atom stereocenters. The van der Waals surface area contributed by atoms with E-state index in [0.717, 1.165) is 6.42 Å². The number of hydrogen-bond acceptors (Lipinski definition) is 5. The van der Waals surface area contributed by atoms with E-state index in [9.17, 15) is 14.4 Å². The lowest BCUT2D eigenvalue weighted by molar-refractivity contribution is -0.139. The number of imide groups is 1. The molecule has 1 aromatic carbocycles. The second kappa shape index (κ2) is 8.21. The van der Waals surface area contributed by atoms with E-state index in [2.05, 4.69) is 0 Å². The Morgan fingerprint density at radius 1 is 1.19 bits per heavy atom. The number of amides is 3. The number of para-hydroxylation sites is 2. The van der Waals surface area contributed by atoms with Crippen LogP contribution in [0.5, 0.6) is 11.5 Å². The van der Waals surface area contributed by atoms with Gasteiger partial charge in [-0.1, -0.05) is 19.1 Å². The molecule has 0 saturated carbocycles. The fourth-order valence-corrected chi connectivity index (χ4v) is 3.22. The Morgan fingerprint density at radius 3 is 2.58 bits per heavy atom. The maximum Gasteiger partial charge on any atom is 0.229 e. The van der Waals surface area contributed by atoms with Gasteiger partial charge < -0.3 is 14.4 Å². The number of rotatable bonds is 7. The summed E-state index contributed by atoms with van der Waals surface area (Å²) in [5.41, 5.74) is 0. The minimum Gasteiger partial charge on any atom is -0.486 e. The summed E-state index contributed by atoms with van der Waals surface area (Å²) in [6.45, 7) is 3.56. The van der Waals surface area contributed by atoms with Crippen molar-refractivity contribution in [3.05, 3.63) is 24.3 Å². The highest BCUT2D eigenvalue weighted by molar-refractivity contribution is 6.02. The molecule has 26 heavy (non-hydrogen) atoms. The highest BCUT2D eigenvalue weighted by Gasteiger charge is 2.30. The Balaban J connectivity index is 1.56. The van der Waals surface area contributed by atoms with Crippen molar-refractivity contribution >= 4 is 17.7 Å². The van der Waals surface area contributed by atoms with E-state index < -0.39 is 0 Å². The van der Waals surface area contributed by atoms with E-state index in [-0.39, 0.29) is 49.6 Å². The Hall–Kier alpha value is -2.57. The number of nitrogens with zero attached hydrogens (tertiary/aromatic N) is 2. The standard InChI is InChI=1S/C19H24N2O5/c1-2-10-20(17(22)9-11-21-18(23)7-8-19(21)24)12-14-13-25-15-5-3-4-6-16(15)26-14/h3-6,14H,2,7-13H2,1H3/t14-/m0/s1. The lowest BCUT2D eigenvalue weighted by Crippen LogP contribution is -2.45. The predicted molar refractivity (Wildman–Crippen MR) is 93.8 cm³/mol. The van der Waals surface area contributed by atoms with E-state index in [1.807, 2.05) is 31.2 Å². The molecule has 7 heteroatoms. The molecule has 0 bridgehead atoms. The molecule has 0 spiro atoms. The Bertz CT molecular complexity index is 674. The second-order valence-electron chi connectivity index (χ2n) is 6.53. The molecule has 1 atom stereocenters. The largest absolute Gasteiger partial charge is 0.486 e. The lowest BCUT2D eigenvalue weighted by atomic mass is 10.2. The van der Waals surface area contributed by atoms with E-state index in [4.69, 9.17) is 9.47 Å². The summed E-state index contributed by atoms with van der Waals surface area (Å²) in [7, 11) is 0. The first kappa shape index (κ1) is 18.2. The van der Waals surface area contributed by atoms with Crippen molar-refractivity contribution < 1.29 is 23.9 Å². The first-order valence-corrected chi connectivity index (χ1v) is 9.08. The van der Waals surface area contributed by atoms with Crippen LogP contribution in [0.3, 0.4) is 0 Å². The summed E-state index contributed by atoms with van der Waals surface area (Å²) in [5.74, 6) is 0.932. The molecule has 7 nitrogen and oxygen atoms in total. The van der Waals surface area contributed by atoms with E-state index in [1.165, 1.54) is 4.90 Å². The van der Waals surface area contributed by atoms with Crippen molar-refractivity contribution in [1.29, 1.82) is 0 Å². The number of carbonyl (C=O) groups is 3.